The van der Waals surface area contributed by atoms with Crippen molar-refractivity contribution in [3.8, 4) is 0 Å². The molecule has 1 aromatic carbocycles. The van der Waals surface area contributed by atoms with E-state index in [0.29, 0.717) is 12.0 Å². The van der Waals surface area contributed by atoms with Gasteiger partial charge in [-0.15, -0.1) is 0 Å². The first-order chi connectivity index (χ1) is 8.39. The number of carbonyl (C=O) groups excluding carboxylic acids is 1. The molecule has 0 aliphatic rings. The SMILES string of the molecule is CCC(C)(CNC(=O)c1ccc(I)cc1)C(=O)O. The van der Waals surface area contributed by atoms with Gasteiger partial charge in [0.15, 0.2) is 0 Å². The van der Waals surface area contributed by atoms with Gasteiger partial charge in [-0.1, -0.05) is 6.92 Å². The topological polar surface area (TPSA) is 66.4 Å². The highest BCUT2D eigenvalue weighted by atomic mass is 127. The van der Waals surface area contributed by atoms with Gasteiger partial charge in [0, 0.05) is 15.7 Å². The monoisotopic (exact) mass is 361 g/mol. The molecule has 1 atom stereocenters. The number of carboxylic acid groups (broad SMARTS) is 1. The molecule has 0 fully saturated rings. The van der Waals surface area contributed by atoms with E-state index in [9.17, 15) is 9.59 Å². The molecule has 2 N–H and O–H groups in total. The Balaban J connectivity index is 2.66. The number of nitrogens with one attached hydrogen (secondary N) is 1. The van der Waals surface area contributed by atoms with E-state index >= 15 is 0 Å². The average Bonchev–Trinajstić information content (AvgIpc) is 2.36. The summed E-state index contributed by atoms with van der Waals surface area (Å²) in [7, 11) is 0. The van der Waals surface area contributed by atoms with Crippen LogP contribution >= 0.6 is 22.6 Å². The molecule has 0 bridgehead atoms. The van der Waals surface area contributed by atoms with Crippen LogP contribution < -0.4 is 5.32 Å². The molecule has 18 heavy (non-hydrogen) atoms. The maximum Gasteiger partial charge on any atom is 0.311 e. The fourth-order valence-electron chi connectivity index (χ4n) is 1.33. The molecule has 98 valence electrons. The van der Waals surface area contributed by atoms with Crippen LogP contribution in [0.2, 0.25) is 0 Å². The van der Waals surface area contributed by atoms with Crippen LogP contribution in [0.1, 0.15) is 30.6 Å². The molecule has 0 radical (unpaired) electrons. The first kappa shape index (κ1) is 14.9. The van der Waals surface area contributed by atoms with Crippen molar-refractivity contribution in [3.05, 3.63) is 33.4 Å². The summed E-state index contributed by atoms with van der Waals surface area (Å²) >= 11 is 2.16. The lowest BCUT2D eigenvalue weighted by Crippen LogP contribution is -2.40. The number of amides is 1. The summed E-state index contributed by atoms with van der Waals surface area (Å²) in [5.41, 5.74) is -0.377. The van der Waals surface area contributed by atoms with Crippen LogP contribution in [0.3, 0.4) is 0 Å². The largest absolute Gasteiger partial charge is 0.481 e. The number of halogens is 1. The number of hydrogen-bond acceptors (Lipinski definition) is 2. The first-order valence-electron chi connectivity index (χ1n) is 5.66. The minimum atomic E-state index is -0.918. The highest BCUT2D eigenvalue weighted by Crippen LogP contribution is 2.20. The van der Waals surface area contributed by atoms with E-state index < -0.39 is 11.4 Å². The van der Waals surface area contributed by atoms with Crippen molar-refractivity contribution in [1.82, 2.24) is 5.32 Å². The minimum absolute atomic E-state index is 0.129. The number of aliphatic carboxylic acids is 1. The summed E-state index contributed by atoms with van der Waals surface area (Å²) < 4.78 is 1.05. The van der Waals surface area contributed by atoms with Crippen LogP contribution in [0.15, 0.2) is 24.3 Å². The van der Waals surface area contributed by atoms with Crippen LogP contribution in [0.4, 0.5) is 0 Å². The van der Waals surface area contributed by atoms with Gasteiger partial charge in [-0.2, -0.15) is 0 Å². The van der Waals surface area contributed by atoms with E-state index in [1.54, 1.807) is 26.0 Å². The van der Waals surface area contributed by atoms with Gasteiger partial charge < -0.3 is 10.4 Å². The number of carbonyl (C=O) groups is 2. The van der Waals surface area contributed by atoms with E-state index in [2.05, 4.69) is 27.9 Å². The Hall–Kier alpha value is -1.11. The zero-order valence-electron chi connectivity index (χ0n) is 10.4. The van der Waals surface area contributed by atoms with Crippen molar-refractivity contribution >= 4 is 34.5 Å². The summed E-state index contributed by atoms with van der Waals surface area (Å²) in [5.74, 6) is -1.14. The third-order valence-corrected chi connectivity index (χ3v) is 3.76. The average molecular weight is 361 g/mol. The van der Waals surface area contributed by atoms with Gasteiger partial charge in [-0.3, -0.25) is 9.59 Å². The molecule has 0 aromatic heterocycles. The third kappa shape index (κ3) is 3.69. The van der Waals surface area contributed by atoms with Gasteiger partial charge in [-0.05, 0) is 60.2 Å². The van der Waals surface area contributed by atoms with Crippen LogP contribution in [0.25, 0.3) is 0 Å². The molecule has 4 nitrogen and oxygen atoms in total. The van der Waals surface area contributed by atoms with Gasteiger partial charge in [-0.25, -0.2) is 0 Å². The van der Waals surface area contributed by atoms with Crippen molar-refractivity contribution in [2.75, 3.05) is 6.54 Å². The lowest BCUT2D eigenvalue weighted by atomic mass is 9.87. The van der Waals surface area contributed by atoms with E-state index in [1.165, 1.54) is 0 Å². The molecule has 1 aromatic rings. The van der Waals surface area contributed by atoms with Crippen molar-refractivity contribution in [2.24, 2.45) is 5.41 Å². The molecule has 0 saturated carbocycles. The zero-order chi connectivity index (χ0) is 13.8. The Kier molecular flexibility index (Phi) is 5.13. The first-order valence-corrected chi connectivity index (χ1v) is 6.74. The Morgan fingerprint density at radius 1 is 1.33 bits per heavy atom. The summed E-state index contributed by atoms with van der Waals surface area (Å²) in [5, 5.41) is 11.8. The minimum Gasteiger partial charge on any atom is -0.481 e. The van der Waals surface area contributed by atoms with Gasteiger partial charge in [0.1, 0.15) is 0 Å². The van der Waals surface area contributed by atoms with Crippen LogP contribution in [0.5, 0.6) is 0 Å². The Labute approximate surface area is 120 Å². The molecule has 1 unspecified atom stereocenters. The van der Waals surface area contributed by atoms with E-state index in [-0.39, 0.29) is 12.5 Å². The zero-order valence-corrected chi connectivity index (χ0v) is 12.5. The van der Waals surface area contributed by atoms with Crippen molar-refractivity contribution in [1.29, 1.82) is 0 Å². The maximum absolute atomic E-state index is 11.8. The van der Waals surface area contributed by atoms with Gasteiger partial charge >= 0.3 is 5.97 Å². The lowest BCUT2D eigenvalue weighted by Gasteiger charge is -2.23. The second-order valence-corrected chi connectivity index (χ2v) is 5.65. The van der Waals surface area contributed by atoms with Gasteiger partial charge in [0.05, 0.1) is 5.41 Å². The molecule has 0 spiro atoms. The molecular formula is C13H16INO3. The van der Waals surface area contributed by atoms with E-state index in [1.807, 2.05) is 12.1 Å². The van der Waals surface area contributed by atoms with Gasteiger partial charge in [0.25, 0.3) is 5.91 Å². The fraction of sp³-hybridized carbons (Fsp3) is 0.385. The summed E-state index contributed by atoms with van der Waals surface area (Å²) in [6, 6.07) is 7.12. The standard InChI is InChI=1S/C13H16INO3/c1-3-13(2,12(17)18)8-15-11(16)9-4-6-10(14)7-5-9/h4-7H,3,8H2,1-2H3,(H,15,16)(H,17,18). The van der Waals surface area contributed by atoms with Crippen molar-refractivity contribution in [3.63, 3.8) is 0 Å². The predicted molar refractivity (Wildman–Crippen MR) is 77.5 cm³/mol. The van der Waals surface area contributed by atoms with E-state index in [4.69, 9.17) is 5.11 Å². The number of benzene rings is 1. The molecule has 0 heterocycles. The lowest BCUT2D eigenvalue weighted by molar-refractivity contribution is -0.147. The summed E-state index contributed by atoms with van der Waals surface area (Å²) in [4.78, 5) is 22.9. The smallest absolute Gasteiger partial charge is 0.311 e. The van der Waals surface area contributed by atoms with Crippen molar-refractivity contribution < 1.29 is 14.7 Å². The molecular weight excluding hydrogens is 345 g/mol. The second kappa shape index (κ2) is 6.17. The molecule has 5 heteroatoms. The number of carboxylic acids is 1. The summed E-state index contributed by atoms with van der Waals surface area (Å²) in [6.07, 6.45) is 0.468. The number of rotatable bonds is 5. The Morgan fingerprint density at radius 3 is 2.33 bits per heavy atom. The predicted octanol–water partition coefficient (Wildman–Crippen LogP) is 2.52. The normalized spacial score (nSPS) is 13.7. The molecule has 1 rings (SSSR count). The maximum atomic E-state index is 11.8. The number of hydrogen-bond donors (Lipinski definition) is 2. The molecule has 1 amide bonds. The Morgan fingerprint density at radius 2 is 1.89 bits per heavy atom. The highest BCUT2D eigenvalue weighted by Gasteiger charge is 2.31. The summed E-state index contributed by atoms with van der Waals surface area (Å²) in [6.45, 7) is 3.55. The third-order valence-electron chi connectivity index (χ3n) is 3.04. The quantitative estimate of drug-likeness (QED) is 0.793. The molecule has 0 saturated heterocycles. The van der Waals surface area contributed by atoms with Crippen LogP contribution in [-0.2, 0) is 4.79 Å². The van der Waals surface area contributed by atoms with Gasteiger partial charge in [0.2, 0.25) is 0 Å². The molecule has 0 aliphatic carbocycles. The fourth-order valence-corrected chi connectivity index (χ4v) is 1.69. The Bertz CT molecular complexity index is 444. The van der Waals surface area contributed by atoms with Crippen LogP contribution in [-0.4, -0.2) is 23.5 Å². The van der Waals surface area contributed by atoms with Crippen molar-refractivity contribution in [2.45, 2.75) is 20.3 Å². The second-order valence-electron chi connectivity index (χ2n) is 4.41. The highest BCUT2D eigenvalue weighted by molar-refractivity contribution is 14.1. The molecule has 0 aliphatic heterocycles. The van der Waals surface area contributed by atoms with Crippen LogP contribution in [0, 0.1) is 8.99 Å². The van der Waals surface area contributed by atoms with E-state index in [0.717, 1.165) is 3.57 Å².